The van der Waals surface area contributed by atoms with E-state index in [1.165, 1.54) is 32.3 Å². The number of aliphatic imine (C=N–C) groups is 1. The van der Waals surface area contributed by atoms with Crippen LogP contribution in [0.3, 0.4) is 0 Å². The van der Waals surface area contributed by atoms with Gasteiger partial charge in [0.25, 0.3) is 5.95 Å². The Bertz CT molecular complexity index is 1340. The fourth-order valence-corrected chi connectivity index (χ4v) is 4.41. The second kappa shape index (κ2) is 9.24. The van der Waals surface area contributed by atoms with Crippen molar-refractivity contribution in [2.24, 2.45) is 10.1 Å². The fraction of sp³-hybridized carbons (Fsp3) is 0.211. The predicted molar refractivity (Wildman–Crippen MR) is 119 cm³/mol. The Morgan fingerprint density at radius 3 is 2.69 bits per heavy atom. The molecule has 1 aliphatic carbocycles. The van der Waals surface area contributed by atoms with Gasteiger partial charge in [-0.1, -0.05) is 12.1 Å². The molecule has 1 aromatic carbocycles. The van der Waals surface area contributed by atoms with E-state index >= 15 is 0 Å². The van der Waals surface area contributed by atoms with Gasteiger partial charge in [0.05, 0.1) is 11.1 Å². The van der Waals surface area contributed by atoms with Crippen LogP contribution in [0.2, 0.25) is 0 Å². The van der Waals surface area contributed by atoms with E-state index in [0.717, 1.165) is 15.9 Å². The molecule has 0 radical (unpaired) electrons. The number of halogens is 1. The van der Waals surface area contributed by atoms with Crippen LogP contribution in [0.15, 0.2) is 63.5 Å². The molecule has 0 saturated heterocycles. The summed E-state index contributed by atoms with van der Waals surface area (Å²) < 4.78 is 62.5. The van der Waals surface area contributed by atoms with Crippen LogP contribution in [0.1, 0.15) is 12.8 Å². The van der Waals surface area contributed by atoms with E-state index in [1.807, 2.05) is 0 Å². The van der Waals surface area contributed by atoms with E-state index in [-0.39, 0.29) is 23.1 Å². The highest BCUT2D eigenvalue weighted by Gasteiger charge is 2.18. The lowest BCUT2D eigenvalue weighted by molar-refractivity contribution is 0.521. The molecule has 0 saturated carbocycles. The predicted octanol–water partition coefficient (Wildman–Crippen LogP) is 2.20. The van der Waals surface area contributed by atoms with E-state index < -0.39 is 25.9 Å². The normalized spacial score (nSPS) is 17.3. The van der Waals surface area contributed by atoms with Crippen molar-refractivity contribution >= 4 is 43.2 Å². The summed E-state index contributed by atoms with van der Waals surface area (Å²) in [4.78, 5) is 12.2. The van der Waals surface area contributed by atoms with E-state index in [0.29, 0.717) is 23.4 Å². The van der Waals surface area contributed by atoms with Gasteiger partial charge in [-0.2, -0.15) is 4.98 Å². The number of primary sulfonamides is 1. The topological polar surface area (TPSA) is 148 Å². The molecule has 1 aromatic heterocycles. The quantitative estimate of drug-likeness (QED) is 0.644. The minimum absolute atomic E-state index is 0.0314. The molecule has 3 rings (SSSR count). The maximum absolute atomic E-state index is 14.3. The number of anilines is 2. The Morgan fingerprint density at radius 1 is 1.25 bits per heavy atom. The summed E-state index contributed by atoms with van der Waals surface area (Å²) in [6.07, 6.45) is 4.98. The van der Waals surface area contributed by atoms with Gasteiger partial charge in [-0.25, -0.2) is 40.6 Å². The zero-order valence-electron chi connectivity index (χ0n) is 17.2. The fourth-order valence-electron chi connectivity index (χ4n) is 2.82. The smallest absolute Gasteiger partial charge is 0.251 e. The largest absolute Gasteiger partial charge is 0.338 e. The van der Waals surface area contributed by atoms with E-state index in [4.69, 9.17) is 5.14 Å². The molecule has 13 heteroatoms. The van der Waals surface area contributed by atoms with Gasteiger partial charge in [0.1, 0.15) is 0 Å². The number of hydrogen-bond donors (Lipinski definition) is 2. The standard InChI is InChI=1S/C19H21FN6O4S2/c1-26(2)32(29,30)16-8-4-7-15(10-16)23-18-17(20)11-22-19(25-18)24-14-6-3-5-13(9-14)12-31(21,27)28/h3-4,6-8,10-12H,5,9H2,1-2H3,(H2,21,27,28)(H,22,23,25). The van der Waals surface area contributed by atoms with E-state index in [2.05, 4.69) is 20.3 Å². The van der Waals surface area contributed by atoms with Gasteiger partial charge in [-0.15, -0.1) is 0 Å². The van der Waals surface area contributed by atoms with Crippen molar-refractivity contribution in [2.45, 2.75) is 17.7 Å². The second-order valence-electron chi connectivity index (χ2n) is 7.06. The number of benzene rings is 1. The number of allylic oxidation sites excluding steroid dienone is 3. The van der Waals surface area contributed by atoms with E-state index in [1.54, 1.807) is 18.2 Å². The van der Waals surface area contributed by atoms with Crippen molar-refractivity contribution in [3.63, 3.8) is 0 Å². The third-order valence-electron chi connectivity index (χ3n) is 4.28. The zero-order chi connectivity index (χ0) is 23.5. The molecule has 170 valence electrons. The van der Waals surface area contributed by atoms with Crippen molar-refractivity contribution in [3.05, 3.63) is 59.4 Å². The lowest BCUT2D eigenvalue weighted by Gasteiger charge is -2.13. The first kappa shape index (κ1) is 23.7. The molecule has 0 amide bonds. The average Bonchev–Trinajstić information content (AvgIpc) is 2.69. The third-order valence-corrected chi connectivity index (χ3v) is 6.75. The van der Waals surface area contributed by atoms with Gasteiger partial charge in [0, 0.05) is 37.3 Å². The summed E-state index contributed by atoms with van der Waals surface area (Å²) in [6.45, 7) is 0. The Morgan fingerprint density at radius 2 is 2.00 bits per heavy atom. The van der Waals surface area contributed by atoms with Gasteiger partial charge in [0.2, 0.25) is 20.0 Å². The number of nitrogens with one attached hydrogen (secondary N) is 1. The molecule has 0 atom stereocenters. The van der Waals surface area contributed by atoms with Crippen molar-refractivity contribution in [3.8, 4) is 0 Å². The molecule has 1 heterocycles. The molecule has 0 aliphatic heterocycles. The maximum Gasteiger partial charge on any atom is 0.251 e. The first-order valence-electron chi connectivity index (χ1n) is 9.22. The molecule has 3 N–H and O–H groups in total. The van der Waals surface area contributed by atoms with Gasteiger partial charge < -0.3 is 5.32 Å². The van der Waals surface area contributed by atoms with Crippen molar-refractivity contribution in [2.75, 3.05) is 19.4 Å². The molecular weight excluding hydrogens is 459 g/mol. The molecule has 0 bridgehead atoms. The van der Waals surface area contributed by atoms with Crippen LogP contribution in [0.4, 0.5) is 21.8 Å². The minimum Gasteiger partial charge on any atom is -0.338 e. The van der Waals surface area contributed by atoms with Crippen LogP contribution >= 0.6 is 0 Å². The van der Waals surface area contributed by atoms with Crippen LogP contribution in [-0.4, -0.2) is 50.9 Å². The second-order valence-corrected chi connectivity index (χ2v) is 10.6. The van der Waals surface area contributed by atoms with Gasteiger partial charge in [-0.3, -0.25) is 0 Å². The number of nitrogens with two attached hydrogens (primary N) is 1. The maximum atomic E-state index is 14.3. The van der Waals surface area contributed by atoms with Crippen LogP contribution in [0.25, 0.3) is 0 Å². The van der Waals surface area contributed by atoms with Crippen LogP contribution in [0, 0.1) is 5.82 Å². The molecule has 0 fully saturated rings. The third kappa shape index (κ3) is 6.03. The number of hydrogen-bond acceptors (Lipinski definition) is 8. The monoisotopic (exact) mass is 480 g/mol. The minimum atomic E-state index is -3.77. The summed E-state index contributed by atoms with van der Waals surface area (Å²) in [6, 6.07) is 5.87. The summed E-state index contributed by atoms with van der Waals surface area (Å²) >= 11 is 0. The lowest BCUT2D eigenvalue weighted by atomic mass is 10.0. The first-order valence-corrected chi connectivity index (χ1v) is 12.3. The molecule has 32 heavy (non-hydrogen) atoms. The number of rotatable bonds is 6. The Kier molecular flexibility index (Phi) is 6.83. The molecule has 2 aromatic rings. The highest BCUT2D eigenvalue weighted by molar-refractivity contribution is 7.92. The Labute approximate surface area is 185 Å². The van der Waals surface area contributed by atoms with Crippen molar-refractivity contribution in [1.82, 2.24) is 14.3 Å². The van der Waals surface area contributed by atoms with Crippen LogP contribution in [0.5, 0.6) is 0 Å². The molecular formula is C19H21FN6O4S2. The van der Waals surface area contributed by atoms with Crippen LogP contribution in [-0.2, 0) is 20.0 Å². The van der Waals surface area contributed by atoms with Crippen LogP contribution < -0.4 is 10.5 Å². The summed E-state index contributed by atoms with van der Waals surface area (Å²) in [7, 11) is -4.62. The van der Waals surface area contributed by atoms with Gasteiger partial charge in [0.15, 0.2) is 11.6 Å². The number of aromatic nitrogens is 2. The number of nitrogens with zero attached hydrogens (tertiary/aromatic N) is 4. The SMILES string of the molecule is CN(C)S(=O)(=O)c1cccc(Nc2nc(N=C3C=CCC(=CS(N)(=O)=O)C3)ncc2F)c1. The summed E-state index contributed by atoms with van der Waals surface area (Å²) in [5.74, 6) is -1.01. The summed E-state index contributed by atoms with van der Waals surface area (Å²) in [5, 5.41) is 8.77. The first-order chi connectivity index (χ1) is 14.9. The molecule has 0 unspecified atom stereocenters. The highest BCUT2D eigenvalue weighted by Crippen LogP contribution is 2.24. The number of sulfonamides is 2. The molecule has 1 aliphatic rings. The van der Waals surface area contributed by atoms with Crippen molar-refractivity contribution in [1.29, 1.82) is 0 Å². The Hall–Kier alpha value is -3.00. The Balaban J connectivity index is 1.88. The lowest BCUT2D eigenvalue weighted by Crippen LogP contribution is -2.22. The zero-order valence-corrected chi connectivity index (χ0v) is 18.9. The van der Waals surface area contributed by atoms with E-state index in [9.17, 15) is 21.2 Å². The van der Waals surface area contributed by atoms with Gasteiger partial charge in [-0.05, 0) is 36.3 Å². The molecule has 10 nitrogen and oxygen atoms in total. The van der Waals surface area contributed by atoms with Crippen molar-refractivity contribution < 1.29 is 21.2 Å². The average molecular weight is 481 g/mol. The van der Waals surface area contributed by atoms with Gasteiger partial charge >= 0.3 is 0 Å². The molecule has 0 spiro atoms. The highest BCUT2D eigenvalue weighted by atomic mass is 32.2. The summed E-state index contributed by atoms with van der Waals surface area (Å²) in [5.41, 5.74) is 1.33.